The fraction of sp³-hybridized carbons (Fsp3) is 0.0714. The van der Waals surface area contributed by atoms with Crippen LogP contribution in [0, 0.1) is 21.7 Å². The molecule has 0 aromatic heterocycles. The van der Waals surface area contributed by atoms with Gasteiger partial charge in [-0.1, -0.05) is 11.6 Å². The molecule has 0 fully saturated rings. The predicted molar refractivity (Wildman–Crippen MR) is 73.6 cm³/mol. The second kappa shape index (κ2) is 6.48. The predicted octanol–water partition coefficient (Wildman–Crippen LogP) is 3.88. The number of ether oxygens (including phenoxy) is 1. The van der Waals surface area contributed by atoms with Crippen molar-refractivity contribution in [1.29, 1.82) is 0 Å². The van der Waals surface area contributed by atoms with Crippen LogP contribution in [0.15, 0.2) is 36.4 Å². The summed E-state index contributed by atoms with van der Waals surface area (Å²) in [4.78, 5) is 21.7. The molecule has 0 bridgehead atoms. The van der Waals surface area contributed by atoms with Gasteiger partial charge < -0.3 is 4.74 Å². The van der Waals surface area contributed by atoms with Crippen LogP contribution in [-0.2, 0) is 11.3 Å². The van der Waals surface area contributed by atoms with Gasteiger partial charge in [0.1, 0.15) is 6.61 Å². The third-order valence-electron chi connectivity index (χ3n) is 2.75. The molecular formula is C14H8ClF2NO4. The molecule has 2 aromatic rings. The Morgan fingerprint density at radius 1 is 1.18 bits per heavy atom. The third kappa shape index (κ3) is 3.56. The molecule has 22 heavy (non-hydrogen) atoms. The number of non-ortho nitro benzene ring substituents is 1. The second-order valence-corrected chi connectivity index (χ2v) is 4.65. The average molecular weight is 328 g/mol. The van der Waals surface area contributed by atoms with Crippen molar-refractivity contribution in [1.82, 2.24) is 0 Å². The molecule has 0 N–H and O–H groups in total. The lowest BCUT2D eigenvalue weighted by molar-refractivity contribution is -0.384. The first-order valence-corrected chi connectivity index (χ1v) is 6.31. The van der Waals surface area contributed by atoms with Crippen LogP contribution in [0.1, 0.15) is 15.9 Å². The molecule has 0 spiro atoms. The first kappa shape index (κ1) is 15.8. The molecule has 114 valence electrons. The lowest BCUT2D eigenvalue weighted by Crippen LogP contribution is -2.07. The topological polar surface area (TPSA) is 69.4 Å². The Bertz CT molecular complexity index is 734. The van der Waals surface area contributed by atoms with E-state index in [1.165, 1.54) is 24.3 Å². The molecule has 0 radical (unpaired) electrons. The van der Waals surface area contributed by atoms with Crippen molar-refractivity contribution in [2.24, 2.45) is 0 Å². The highest BCUT2D eigenvalue weighted by molar-refractivity contribution is 6.33. The molecule has 0 atom stereocenters. The van der Waals surface area contributed by atoms with Gasteiger partial charge in [-0.3, -0.25) is 10.1 Å². The molecule has 0 aliphatic carbocycles. The molecule has 0 saturated carbocycles. The highest BCUT2D eigenvalue weighted by Gasteiger charge is 2.16. The highest BCUT2D eigenvalue weighted by Crippen LogP contribution is 2.21. The summed E-state index contributed by atoms with van der Waals surface area (Å²) in [6, 6.07) is 6.67. The van der Waals surface area contributed by atoms with Crippen LogP contribution in [0.5, 0.6) is 0 Å². The minimum Gasteiger partial charge on any atom is -0.457 e. The number of nitro benzene ring substituents is 1. The van der Waals surface area contributed by atoms with Crippen LogP contribution in [0.4, 0.5) is 14.5 Å². The van der Waals surface area contributed by atoms with Gasteiger partial charge in [-0.15, -0.1) is 0 Å². The van der Waals surface area contributed by atoms with Crippen molar-refractivity contribution in [2.75, 3.05) is 0 Å². The first-order chi connectivity index (χ1) is 10.4. The number of nitro groups is 1. The normalized spacial score (nSPS) is 10.3. The maximum atomic E-state index is 13.1. The van der Waals surface area contributed by atoms with Gasteiger partial charge in [-0.05, 0) is 29.8 Å². The Morgan fingerprint density at radius 3 is 2.36 bits per heavy atom. The zero-order valence-corrected chi connectivity index (χ0v) is 11.6. The van der Waals surface area contributed by atoms with E-state index in [-0.39, 0.29) is 22.9 Å². The van der Waals surface area contributed by atoms with E-state index in [0.717, 1.165) is 0 Å². The smallest absolute Gasteiger partial charge is 0.340 e. The van der Waals surface area contributed by atoms with Crippen LogP contribution in [0.2, 0.25) is 5.02 Å². The van der Waals surface area contributed by atoms with E-state index in [1.54, 1.807) is 0 Å². The van der Waals surface area contributed by atoms with Crippen molar-refractivity contribution in [3.8, 4) is 0 Å². The Kier molecular flexibility index (Phi) is 4.67. The van der Waals surface area contributed by atoms with Gasteiger partial charge in [-0.25, -0.2) is 13.6 Å². The van der Waals surface area contributed by atoms with E-state index in [1.807, 2.05) is 0 Å². The van der Waals surface area contributed by atoms with Gasteiger partial charge in [0.15, 0.2) is 11.6 Å². The van der Waals surface area contributed by atoms with Gasteiger partial charge in [0.05, 0.1) is 15.5 Å². The van der Waals surface area contributed by atoms with Crippen molar-refractivity contribution < 1.29 is 23.2 Å². The number of hydrogen-bond donors (Lipinski definition) is 0. The molecule has 0 heterocycles. The minimum absolute atomic E-state index is 0.0984. The van der Waals surface area contributed by atoms with Crippen molar-refractivity contribution in [3.05, 3.63) is 74.3 Å². The van der Waals surface area contributed by atoms with Gasteiger partial charge in [0.2, 0.25) is 0 Å². The fourth-order valence-electron chi connectivity index (χ4n) is 1.62. The van der Waals surface area contributed by atoms with Crippen LogP contribution < -0.4 is 0 Å². The number of halogens is 3. The van der Waals surface area contributed by atoms with E-state index >= 15 is 0 Å². The molecule has 0 amide bonds. The van der Waals surface area contributed by atoms with E-state index in [9.17, 15) is 23.7 Å². The zero-order valence-electron chi connectivity index (χ0n) is 10.9. The molecule has 8 heteroatoms. The lowest BCUT2D eigenvalue weighted by atomic mass is 10.2. The van der Waals surface area contributed by atoms with Crippen LogP contribution in [0.3, 0.4) is 0 Å². The van der Waals surface area contributed by atoms with E-state index in [4.69, 9.17) is 16.3 Å². The Labute approximate surface area is 128 Å². The standard InChI is InChI=1S/C14H8ClF2NO4/c15-11-6-13(17)12(16)5-10(11)14(19)22-7-8-1-3-9(4-2-8)18(20)21/h1-6H,7H2. The van der Waals surface area contributed by atoms with Gasteiger partial charge in [0, 0.05) is 12.1 Å². The number of benzene rings is 2. The van der Waals surface area contributed by atoms with Gasteiger partial charge >= 0.3 is 5.97 Å². The number of rotatable bonds is 4. The first-order valence-electron chi connectivity index (χ1n) is 5.93. The average Bonchev–Trinajstić information content (AvgIpc) is 2.49. The summed E-state index contributed by atoms with van der Waals surface area (Å²) in [5, 5.41) is 10.2. The molecular weight excluding hydrogens is 320 g/mol. The molecule has 0 aliphatic rings. The lowest BCUT2D eigenvalue weighted by Gasteiger charge is -2.07. The monoisotopic (exact) mass is 327 g/mol. The van der Waals surface area contributed by atoms with Crippen molar-refractivity contribution >= 4 is 23.3 Å². The maximum absolute atomic E-state index is 13.1. The summed E-state index contributed by atoms with van der Waals surface area (Å²) in [5.41, 5.74) is 0.0962. The Hall–Kier alpha value is -2.54. The van der Waals surface area contributed by atoms with E-state index < -0.39 is 22.5 Å². The SMILES string of the molecule is O=C(OCc1ccc([N+](=O)[O-])cc1)c1cc(F)c(F)cc1Cl. The Balaban J connectivity index is 2.07. The van der Waals surface area contributed by atoms with Gasteiger partial charge in [-0.2, -0.15) is 0 Å². The summed E-state index contributed by atoms with van der Waals surface area (Å²) < 4.78 is 30.9. The molecule has 5 nitrogen and oxygen atoms in total. The number of esters is 1. The van der Waals surface area contributed by atoms with Crippen molar-refractivity contribution in [2.45, 2.75) is 6.61 Å². The largest absolute Gasteiger partial charge is 0.457 e. The Morgan fingerprint density at radius 2 is 1.77 bits per heavy atom. The van der Waals surface area contributed by atoms with Crippen LogP contribution in [-0.4, -0.2) is 10.9 Å². The molecule has 0 unspecified atom stereocenters. The zero-order chi connectivity index (χ0) is 16.3. The quantitative estimate of drug-likeness (QED) is 0.370. The molecule has 2 rings (SSSR count). The van der Waals surface area contributed by atoms with Gasteiger partial charge in [0.25, 0.3) is 5.69 Å². The summed E-state index contributed by atoms with van der Waals surface area (Å²) in [7, 11) is 0. The summed E-state index contributed by atoms with van der Waals surface area (Å²) >= 11 is 5.65. The second-order valence-electron chi connectivity index (χ2n) is 4.25. The van der Waals surface area contributed by atoms with Crippen LogP contribution >= 0.6 is 11.6 Å². The molecule has 0 saturated heterocycles. The highest BCUT2D eigenvalue weighted by atomic mass is 35.5. The molecule has 2 aromatic carbocycles. The van der Waals surface area contributed by atoms with E-state index in [0.29, 0.717) is 17.7 Å². The maximum Gasteiger partial charge on any atom is 0.340 e. The number of hydrogen-bond acceptors (Lipinski definition) is 4. The minimum atomic E-state index is -1.22. The third-order valence-corrected chi connectivity index (χ3v) is 3.06. The molecule has 0 aliphatic heterocycles. The van der Waals surface area contributed by atoms with E-state index in [2.05, 4.69) is 0 Å². The summed E-state index contributed by atoms with van der Waals surface area (Å²) in [6.45, 7) is -0.188. The summed E-state index contributed by atoms with van der Waals surface area (Å²) in [5.74, 6) is -3.31. The van der Waals surface area contributed by atoms with Crippen molar-refractivity contribution in [3.63, 3.8) is 0 Å². The number of carbonyl (C=O) groups excluding carboxylic acids is 1. The van der Waals surface area contributed by atoms with Crippen LogP contribution in [0.25, 0.3) is 0 Å². The fourth-order valence-corrected chi connectivity index (χ4v) is 1.85. The summed E-state index contributed by atoms with van der Waals surface area (Å²) in [6.07, 6.45) is 0. The number of carbonyl (C=O) groups is 1. The number of nitrogens with zero attached hydrogens (tertiary/aromatic N) is 1.